The summed E-state index contributed by atoms with van der Waals surface area (Å²) in [5.41, 5.74) is 4.73. The summed E-state index contributed by atoms with van der Waals surface area (Å²) in [5, 5.41) is 24.1. The summed E-state index contributed by atoms with van der Waals surface area (Å²) in [7, 11) is 0. The van der Waals surface area contributed by atoms with Gasteiger partial charge in [0.15, 0.2) is 0 Å². The molecule has 2 saturated carbocycles. The van der Waals surface area contributed by atoms with Gasteiger partial charge in [-0.25, -0.2) is 4.79 Å². The van der Waals surface area contributed by atoms with Crippen LogP contribution in [-0.4, -0.2) is 16.0 Å². The number of nitro groups is 1. The van der Waals surface area contributed by atoms with Crippen LogP contribution in [0.3, 0.4) is 0 Å². The van der Waals surface area contributed by atoms with Crippen molar-refractivity contribution in [2.45, 2.75) is 37.8 Å². The third-order valence-electron chi connectivity index (χ3n) is 8.13. The molecular weight excluding hydrogens is 444 g/mol. The van der Waals surface area contributed by atoms with E-state index >= 15 is 0 Å². The molecule has 6 rings (SSSR count). The normalized spacial score (nSPS) is 25.9. The number of anilines is 1. The zero-order valence-corrected chi connectivity index (χ0v) is 19.1. The van der Waals surface area contributed by atoms with Crippen LogP contribution < -0.4 is 10.1 Å². The molecule has 3 aromatic carbocycles. The van der Waals surface area contributed by atoms with Gasteiger partial charge in [-0.1, -0.05) is 12.1 Å². The predicted octanol–water partition coefficient (Wildman–Crippen LogP) is 6.17. The molecule has 3 aliphatic rings. The molecule has 3 aromatic rings. The lowest BCUT2D eigenvalue weighted by Gasteiger charge is -2.43. The fourth-order valence-electron chi connectivity index (χ4n) is 6.60. The van der Waals surface area contributed by atoms with Gasteiger partial charge in [0.1, 0.15) is 12.4 Å². The lowest BCUT2D eigenvalue weighted by molar-refractivity contribution is -0.384. The van der Waals surface area contributed by atoms with E-state index in [9.17, 15) is 20.0 Å². The molecule has 7 nitrogen and oxygen atoms in total. The van der Waals surface area contributed by atoms with Crippen LogP contribution in [0.25, 0.3) is 0 Å². The van der Waals surface area contributed by atoms with Gasteiger partial charge < -0.3 is 15.2 Å². The Kier molecular flexibility index (Phi) is 5.20. The minimum atomic E-state index is -0.876. The maximum absolute atomic E-state index is 11.6. The molecular formula is C28H26N2O5. The van der Waals surface area contributed by atoms with Gasteiger partial charge in [0.05, 0.1) is 16.5 Å². The Morgan fingerprint density at radius 3 is 2.49 bits per heavy atom. The van der Waals surface area contributed by atoms with E-state index in [-0.39, 0.29) is 11.7 Å². The van der Waals surface area contributed by atoms with Gasteiger partial charge in [-0.05, 0) is 102 Å². The first-order valence-electron chi connectivity index (χ1n) is 12.1. The van der Waals surface area contributed by atoms with Crippen molar-refractivity contribution < 1.29 is 19.6 Å². The predicted molar refractivity (Wildman–Crippen MR) is 131 cm³/mol. The van der Waals surface area contributed by atoms with Gasteiger partial charge in [-0.15, -0.1) is 0 Å². The van der Waals surface area contributed by atoms with Crippen molar-refractivity contribution in [3.63, 3.8) is 0 Å². The molecule has 0 radical (unpaired) electrons. The summed E-state index contributed by atoms with van der Waals surface area (Å²) >= 11 is 0. The molecule has 178 valence electrons. The molecule has 5 atom stereocenters. The summed E-state index contributed by atoms with van der Waals surface area (Å²) in [6, 6.07) is 20.3. The molecule has 0 aromatic heterocycles. The maximum atomic E-state index is 11.6. The number of hydrogen-bond donors (Lipinski definition) is 2. The molecule has 0 saturated heterocycles. The van der Waals surface area contributed by atoms with Crippen molar-refractivity contribution >= 4 is 17.3 Å². The van der Waals surface area contributed by atoms with Gasteiger partial charge in [-0.3, -0.25) is 10.1 Å². The van der Waals surface area contributed by atoms with Crippen LogP contribution in [0, 0.1) is 27.9 Å². The van der Waals surface area contributed by atoms with Crippen molar-refractivity contribution in [2.24, 2.45) is 17.8 Å². The number of benzene rings is 3. The number of carboxylic acid groups (broad SMARTS) is 1. The summed E-state index contributed by atoms with van der Waals surface area (Å²) in [6.45, 7) is 0.340. The van der Waals surface area contributed by atoms with E-state index in [4.69, 9.17) is 4.74 Å². The average molecular weight is 471 g/mol. The highest BCUT2D eigenvalue weighted by Gasteiger charge is 2.53. The Morgan fingerprint density at radius 1 is 1.03 bits per heavy atom. The summed E-state index contributed by atoms with van der Waals surface area (Å²) in [6.07, 6.45) is 3.69. The molecule has 7 heteroatoms. The minimum Gasteiger partial charge on any atom is -0.489 e. The molecule has 0 amide bonds. The molecule has 2 aliphatic carbocycles. The SMILES string of the molecule is O=C(O)c1ccc2c(c1)[C@@H]1[C@H]3CC[C@@H](C3)[C@H]1[C@@H](c1ccc(OCc3ccc([N+](=O)[O-])cc3)cc1)N2. The molecule has 2 bridgehead atoms. The van der Waals surface area contributed by atoms with Crippen LogP contribution in [0.1, 0.15) is 58.3 Å². The number of aromatic carboxylic acids is 1. The van der Waals surface area contributed by atoms with E-state index in [1.807, 2.05) is 24.3 Å². The monoisotopic (exact) mass is 470 g/mol. The topological polar surface area (TPSA) is 102 Å². The van der Waals surface area contributed by atoms with Gasteiger partial charge in [-0.2, -0.15) is 0 Å². The number of hydrogen-bond acceptors (Lipinski definition) is 5. The van der Waals surface area contributed by atoms with Crippen LogP contribution >= 0.6 is 0 Å². The largest absolute Gasteiger partial charge is 0.489 e. The fraction of sp³-hybridized carbons (Fsp3) is 0.321. The number of carboxylic acids is 1. The van der Waals surface area contributed by atoms with E-state index < -0.39 is 10.9 Å². The Hall–Kier alpha value is -3.87. The third kappa shape index (κ3) is 3.81. The van der Waals surface area contributed by atoms with Crippen molar-refractivity contribution in [3.05, 3.63) is 99.1 Å². The zero-order chi connectivity index (χ0) is 24.1. The lowest BCUT2D eigenvalue weighted by atomic mass is 9.68. The minimum absolute atomic E-state index is 0.0674. The van der Waals surface area contributed by atoms with Crippen LogP contribution in [0.2, 0.25) is 0 Å². The number of carbonyl (C=O) groups is 1. The second kappa shape index (κ2) is 8.41. The number of non-ortho nitro benzene ring substituents is 1. The van der Waals surface area contributed by atoms with E-state index in [1.54, 1.807) is 18.2 Å². The molecule has 2 N–H and O–H groups in total. The maximum Gasteiger partial charge on any atom is 0.335 e. The highest BCUT2D eigenvalue weighted by atomic mass is 16.6. The Balaban J connectivity index is 1.22. The lowest BCUT2D eigenvalue weighted by Crippen LogP contribution is -2.35. The van der Waals surface area contributed by atoms with E-state index in [2.05, 4.69) is 17.4 Å². The fourth-order valence-corrected chi connectivity index (χ4v) is 6.60. The molecule has 35 heavy (non-hydrogen) atoms. The van der Waals surface area contributed by atoms with Crippen LogP contribution in [-0.2, 0) is 6.61 Å². The Bertz CT molecular complexity index is 1290. The second-order valence-electron chi connectivity index (χ2n) is 9.95. The van der Waals surface area contributed by atoms with Crippen LogP contribution in [0.15, 0.2) is 66.7 Å². The summed E-state index contributed by atoms with van der Waals surface area (Å²) < 4.78 is 5.92. The van der Waals surface area contributed by atoms with Crippen LogP contribution in [0.4, 0.5) is 11.4 Å². The smallest absolute Gasteiger partial charge is 0.335 e. The molecule has 1 aliphatic heterocycles. The standard InChI is InChI=1S/C28H26N2O5/c31-28(32)20-7-12-24-23(14-20)25-18-3-4-19(13-18)26(25)27(29-24)17-5-10-22(11-6-17)35-15-16-1-8-21(9-2-16)30(33)34/h1-2,5-12,14,18-19,25-27,29H,3-4,13,15H2,(H,31,32)/t18-,19-,25-,26+,27+/m0/s1. The van der Waals surface area contributed by atoms with E-state index in [1.165, 1.54) is 42.5 Å². The van der Waals surface area contributed by atoms with Crippen molar-refractivity contribution in [2.75, 3.05) is 5.32 Å². The highest BCUT2D eigenvalue weighted by Crippen LogP contribution is 2.63. The third-order valence-corrected chi connectivity index (χ3v) is 8.13. The Labute approximate surface area is 202 Å². The first kappa shape index (κ1) is 21.6. The van der Waals surface area contributed by atoms with Gasteiger partial charge in [0, 0.05) is 17.8 Å². The van der Waals surface area contributed by atoms with Crippen LogP contribution in [0.5, 0.6) is 5.75 Å². The first-order valence-corrected chi connectivity index (χ1v) is 12.1. The average Bonchev–Trinajstić information content (AvgIpc) is 3.50. The first-order chi connectivity index (χ1) is 17.0. The van der Waals surface area contributed by atoms with Crippen molar-refractivity contribution in [1.29, 1.82) is 0 Å². The molecule has 1 heterocycles. The Morgan fingerprint density at radius 2 is 1.77 bits per heavy atom. The number of fused-ring (bicyclic) bond motifs is 7. The number of nitro benzene ring substituents is 1. The van der Waals surface area contributed by atoms with Gasteiger partial charge in [0.25, 0.3) is 5.69 Å². The van der Waals surface area contributed by atoms with Gasteiger partial charge >= 0.3 is 5.97 Å². The molecule has 0 unspecified atom stereocenters. The van der Waals surface area contributed by atoms with E-state index in [0.29, 0.717) is 35.8 Å². The van der Waals surface area contributed by atoms with Gasteiger partial charge in [0.2, 0.25) is 0 Å². The summed E-state index contributed by atoms with van der Waals surface area (Å²) in [4.78, 5) is 22.0. The number of nitrogens with zero attached hydrogens (tertiary/aromatic N) is 1. The number of ether oxygens (including phenoxy) is 1. The molecule has 2 fully saturated rings. The van der Waals surface area contributed by atoms with Crippen molar-refractivity contribution in [3.8, 4) is 5.75 Å². The second-order valence-corrected chi connectivity index (χ2v) is 9.95. The zero-order valence-electron chi connectivity index (χ0n) is 19.1. The number of rotatable bonds is 6. The summed E-state index contributed by atoms with van der Waals surface area (Å²) in [5.74, 6) is 2.01. The van der Waals surface area contributed by atoms with E-state index in [0.717, 1.165) is 17.0 Å². The molecule has 0 spiro atoms. The quantitative estimate of drug-likeness (QED) is 0.330. The number of nitrogens with one attached hydrogen (secondary N) is 1. The highest BCUT2D eigenvalue weighted by molar-refractivity contribution is 5.88. The van der Waals surface area contributed by atoms with Crippen molar-refractivity contribution in [1.82, 2.24) is 0 Å².